The Morgan fingerprint density at radius 3 is 2.38 bits per heavy atom. The van der Waals surface area contributed by atoms with E-state index in [0.29, 0.717) is 19.5 Å². The molecule has 0 fully saturated rings. The van der Waals surface area contributed by atoms with Gasteiger partial charge in [-0.1, -0.05) is 0 Å². The number of hydrogen-bond donors (Lipinski definition) is 2. The number of halogens is 1. The van der Waals surface area contributed by atoms with Crippen LogP contribution in [-0.4, -0.2) is 86.2 Å². The highest BCUT2D eigenvalue weighted by Crippen LogP contribution is 2.06. The molecule has 0 saturated carbocycles. The van der Waals surface area contributed by atoms with Crippen LogP contribution in [0.1, 0.15) is 13.3 Å². The molecule has 3 amide bonds. The van der Waals surface area contributed by atoms with Crippen LogP contribution in [0, 0.1) is 0 Å². The van der Waals surface area contributed by atoms with E-state index in [4.69, 9.17) is 9.84 Å². The van der Waals surface area contributed by atoms with Crippen LogP contribution in [0.25, 0.3) is 0 Å². The Hall–Kier alpha value is -1.45. The van der Waals surface area contributed by atoms with Gasteiger partial charge < -0.3 is 25.0 Å². The number of aliphatic hydroxyl groups excluding tert-OH is 1. The van der Waals surface area contributed by atoms with Gasteiger partial charge in [0.1, 0.15) is 0 Å². The van der Waals surface area contributed by atoms with E-state index >= 15 is 0 Å². The Morgan fingerprint density at radius 1 is 1.17 bits per heavy atom. The number of carbonyl (C=O) groups excluding carboxylic acids is 3. The van der Waals surface area contributed by atoms with Gasteiger partial charge in [0.15, 0.2) is 0 Å². The maximum Gasteiger partial charge on any atom is 0.258 e. The van der Waals surface area contributed by atoms with Gasteiger partial charge >= 0.3 is 0 Å². The number of rotatable bonds is 11. The molecule has 9 heteroatoms. The zero-order valence-corrected chi connectivity index (χ0v) is 16.0. The Bertz CT molecular complexity index is 456. The molecule has 0 aromatic carbocycles. The fourth-order valence-corrected chi connectivity index (χ4v) is 1.92. The molecular weight excluding hydrogens is 382 g/mol. The van der Waals surface area contributed by atoms with Gasteiger partial charge in [0.05, 0.1) is 24.3 Å². The fraction of sp³-hybridized carbons (Fsp3) is 0.667. The molecule has 0 rings (SSSR count). The first-order valence-electron chi connectivity index (χ1n) is 7.60. The van der Waals surface area contributed by atoms with Gasteiger partial charge in [-0.3, -0.25) is 14.4 Å². The second-order valence-corrected chi connectivity index (χ2v) is 5.99. The number of likely N-dealkylation sites (N-methyl/N-ethyl adjacent to an activating group) is 1. The molecule has 0 atom stereocenters. The third-order valence-electron chi connectivity index (χ3n) is 3.14. The van der Waals surface area contributed by atoms with Gasteiger partial charge in [-0.2, -0.15) is 0 Å². The number of nitrogens with one attached hydrogen (secondary N) is 1. The van der Waals surface area contributed by atoms with Crippen molar-refractivity contribution in [2.75, 3.05) is 53.6 Å². The summed E-state index contributed by atoms with van der Waals surface area (Å²) in [6, 6.07) is 0. The molecule has 138 valence electrons. The molecule has 0 spiro atoms. The van der Waals surface area contributed by atoms with Crippen molar-refractivity contribution < 1.29 is 24.2 Å². The SMILES string of the molecule is CC(=O)N(C)CCCN(C)C(=O)/C=C(/Br)C(=O)NCCOCCO. The quantitative estimate of drug-likeness (QED) is 0.362. The highest BCUT2D eigenvalue weighted by atomic mass is 79.9. The molecule has 0 bridgehead atoms. The monoisotopic (exact) mass is 407 g/mol. The lowest BCUT2D eigenvalue weighted by atomic mass is 10.3. The average Bonchev–Trinajstić information content (AvgIpc) is 2.53. The first-order chi connectivity index (χ1) is 11.3. The minimum absolute atomic E-state index is 0.0220. The smallest absolute Gasteiger partial charge is 0.258 e. The van der Waals surface area contributed by atoms with Gasteiger partial charge in [0.2, 0.25) is 11.8 Å². The van der Waals surface area contributed by atoms with E-state index in [1.54, 1.807) is 19.0 Å². The van der Waals surface area contributed by atoms with E-state index in [-0.39, 0.29) is 42.7 Å². The van der Waals surface area contributed by atoms with Crippen molar-refractivity contribution in [3.05, 3.63) is 10.6 Å². The molecule has 0 aliphatic carbocycles. The molecule has 0 unspecified atom stereocenters. The fourth-order valence-electron chi connectivity index (χ4n) is 1.58. The van der Waals surface area contributed by atoms with Crippen molar-refractivity contribution in [2.45, 2.75) is 13.3 Å². The summed E-state index contributed by atoms with van der Waals surface area (Å²) in [6.45, 7) is 3.24. The summed E-state index contributed by atoms with van der Waals surface area (Å²) in [7, 11) is 3.34. The number of nitrogens with zero attached hydrogens (tertiary/aromatic N) is 2. The van der Waals surface area contributed by atoms with Crippen LogP contribution in [0.5, 0.6) is 0 Å². The van der Waals surface area contributed by atoms with Crippen LogP contribution in [0.4, 0.5) is 0 Å². The molecule has 8 nitrogen and oxygen atoms in total. The minimum atomic E-state index is -0.416. The Labute approximate surface area is 150 Å². The first kappa shape index (κ1) is 22.6. The normalized spacial score (nSPS) is 11.1. The van der Waals surface area contributed by atoms with E-state index in [1.807, 2.05) is 0 Å². The number of ether oxygens (including phenoxy) is 1. The van der Waals surface area contributed by atoms with Crippen molar-refractivity contribution in [2.24, 2.45) is 0 Å². The molecule has 0 radical (unpaired) electrons. The summed E-state index contributed by atoms with van der Waals surface area (Å²) < 4.78 is 5.14. The summed E-state index contributed by atoms with van der Waals surface area (Å²) in [6.07, 6.45) is 1.86. The molecule has 0 heterocycles. The zero-order valence-electron chi connectivity index (χ0n) is 14.4. The number of amides is 3. The van der Waals surface area contributed by atoms with Crippen molar-refractivity contribution in [1.29, 1.82) is 0 Å². The molecule has 0 aromatic heterocycles. The van der Waals surface area contributed by atoms with Crippen LogP contribution < -0.4 is 5.32 Å². The van der Waals surface area contributed by atoms with Crippen molar-refractivity contribution in [3.63, 3.8) is 0 Å². The van der Waals surface area contributed by atoms with E-state index in [0.717, 1.165) is 0 Å². The molecule has 0 saturated heterocycles. The molecule has 0 aliphatic heterocycles. The van der Waals surface area contributed by atoms with Gasteiger partial charge in [0.25, 0.3) is 5.91 Å². The summed E-state index contributed by atoms with van der Waals surface area (Å²) in [5.41, 5.74) is 0. The summed E-state index contributed by atoms with van der Waals surface area (Å²) in [5.74, 6) is -0.744. The summed E-state index contributed by atoms with van der Waals surface area (Å²) in [5, 5.41) is 11.1. The lowest BCUT2D eigenvalue weighted by Crippen LogP contribution is -2.32. The Morgan fingerprint density at radius 2 is 1.79 bits per heavy atom. The molecule has 0 aliphatic rings. The number of hydrogen-bond acceptors (Lipinski definition) is 5. The van der Waals surface area contributed by atoms with E-state index < -0.39 is 5.91 Å². The van der Waals surface area contributed by atoms with Gasteiger partial charge in [-0.25, -0.2) is 0 Å². The second kappa shape index (κ2) is 12.9. The summed E-state index contributed by atoms with van der Waals surface area (Å²) in [4.78, 5) is 37.9. The Balaban J connectivity index is 4.16. The highest BCUT2D eigenvalue weighted by Gasteiger charge is 2.11. The van der Waals surface area contributed by atoms with Gasteiger partial charge in [-0.15, -0.1) is 0 Å². The van der Waals surface area contributed by atoms with Crippen LogP contribution in [0.3, 0.4) is 0 Å². The summed E-state index contributed by atoms with van der Waals surface area (Å²) >= 11 is 3.07. The van der Waals surface area contributed by atoms with Crippen LogP contribution in [0.15, 0.2) is 10.6 Å². The van der Waals surface area contributed by atoms with E-state index in [9.17, 15) is 14.4 Å². The standard InChI is InChI=1S/C15H26BrN3O5/c1-12(21)18(2)6-4-7-19(3)14(22)11-13(16)15(23)17-5-9-24-10-8-20/h11,20H,4-10H2,1-3H3,(H,17,23)/b13-11+. The molecule has 0 aromatic rings. The maximum atomic E-state index is 12.0. The zero-order chi connectivity index (χ0) is 18.5. The predicted molar refractivity (Wildman–Crippen MR) is 93.5 cm³/mol. The third-order valence-corrected chi connectivity index (χ3v) is 3.72. The third kappa shape index (κ3) is 10.3. The van der Waals surface area contributed by atoms with Crippen LogP contribution >= 0.6 is 15.9 Å². The lowest BCUT2D eigenvalue weighted by Gasteiger charge is -2.19. The topological polar surface area (TPSA) is 99.2 Å². The second-order valence-electron chi connectivity index (χ2n) is 5.14. The van der Waals surface area contributed by atoms with E-state index in [2.05, 4.69) is 21.2 Å². The van der Waals surface area contributed by atoms with Crippen LogP contribution in [-0.2, 0) is 19.1 Å². The van der Waals surface area contributed by atoms with Crippen LogP contribution in [0.2, 0.25) is 0 Å². The predicted octanol–water partition coefficient (Wildman–Crippen LogP) is -0.283. The first-order valence-corrected chi connectivity index (χ1v) is 8.39. The largest absolute Gasteiger partial charge is 0.394 e. The molecular formula is C15H26BrN3O5. The minimum Gasteiger partial charge on any atom is -0.394 e. The van der Waals surface area contributed by atoms with E-state index in [1.165, 1.54) is 17.9 Å². The average molecular weight is 408 g/mol. The number of carbonyl (C=O) groups is 3. The Kier molecular flexibility index (Phi) is 12.1. The maximum absolute atomic E-state index is 12.0. The molecule has 24 heavy (non-hydrogen) atoms. The van der Waals surface area contributed by atoms with Gasteiger partial charge in [-0.05, 0) is 22.4 Å². The van der Waals surface area contributed by atoms with Crippen molar-refractivity contribution in [3.8, 4) is 0 Å². The molecule has 2 N–H and O–H groups in total. The lowest BCUT2D eigenvalue weighted by molar-refractivity contribution is -0.127. The van der Waals surface area contributed by atoms with Gasteiger partial charge in [0, 0.05) is 46.7 Å². The number of aliphatic hydroxyl groups is 1. The van der Waals surface area contributed by atoms with Crippen molar-refractivity contribution >= 4 is 33.7 Å². The van der Waals surface area contributed by atoms with Crippen molar-refractivity contribution in [1.82, 2.24) is 15.1 Å². The highest BCUT2D eigenvalue weighted by molar-refractivity contribution is 9.12.